The van der Waals surface area contributed by atoms with E-state index in [2.05, 4.69) is 9.97 Å². The predicted octanol–water partition coefficient (Wildman–Crippen LogP) is 1.94. The van der Waals surface area contributed by atoms with Gasteiger partial charge in [0.1, 0.15) is 0 Å². The van der Waals surface area contributed by atoms with Crippen molar-refractivity contribution in [3.05, 3.63) is 36.2 Å². The van der Waals surface area contributed by atoms with Gasteiger partial charge in [0.2, 0.25) is 0 Å². The van der Waals surface area contributed by atoms with Crippen molar-refractivity contribution in [1.29, 1.82) is 0 Å². The summed E-state index contributed by atoms with van der Waals surface area (Å²) in [4.78, 5) is 8.84. The quantitative estimate of drug-likeness (QED) is 0.849. The maximum absolute atomic E-state index is 9.85. The molecule has 0 amide bonds. The van der Waals surface area contributed by atoms with Crippen LogP contribution in [0.1, 0.15) is 18.5 Å². The lowest BCUT2D eigenvalue weighted by atomic mass is 10.1. The van der Waals surface area contributed by atoms with E-state index in [1.165, 1.54) is 0 Å². The zero-order valence-corrected chi connectivity index (χ0v) is 9.00. The van der Waals surface area contributed by atoms with Crippen LogP contribution in [0.4, 0.5) is 0 Å². The lowest BCUT2D eigenvalue weighted by Crippen LogP contribution is -2.13. The molecule has 2 aromatic rings. The zero-order valence-electron chi connectivity index (χ0n) is 9.00. The van der Waals surface area contributed by atoms with Gasteiger partial charge in [0, 0.05) is 12.6 Å². The molecule has 0 radical (unpaired) electrons. The topological polar surface area (TPSA) is 46.0 Å². The molecule has 0 saturated heterocycles. The molecule has 3 heteroatoms. The zero-order chi connectivity index (χ0) is 11.0. The molecular weight excluding hydrogens is 200 g/mol. The Labute approximate surface area is 94.2 Å². The van der Waals surface area contributed by atoms with Crippen LogP contribution in [0.2, 0.25) is 0 Å². The normalized spacial score (nSPS) is 17.6. The number of hydrogen-bond acceptors (Lipinski definition) is 3. The highest BCUT2D eigenvalue weighted by Crippen LogP contribution is 2.33. The first-order valence-corrected chi connectivity index (χ1v) is 5.71. The lowest BCUT2D eigenvalue weighted by Gasteiger charge is -2.08. The second-order valence-corrected chi connectivity index (χ2v) is 4.46. The highest BCUT2D eigenvalue weighted by atomic mass is 16.3. The van der Waals surface area contributed by atoms with Crippen molar-refractivity contribution in [3.63, 3.8) is 0 Å². The molecule has 1 fully saturated rings. The van der Waals surface area contributed by atoms with Crippen LogP contribution in [-0.2, 0) is 6.42 Å². The Kier molecular flexibility index (Phi) is 2.33. The summed E-state index contributed by atoms with van der Waals surface area (Å²) in [6, 6.07) is 7.81. The number of para-hydroxylation sites is 2. The van der Waals surface area contributed by atoms with Crippen molar-refractivity contribution < 1.29 is 5.11 Å². The highest BCUT2D eigenvalue weighted by Gasteiger charge is 2.29. The molecule has 1 aliphatic carbocycles. The third-order valence-electron chi connectivity index (χ3n) is 3.08. The molecule has 1 heterocycles. The van der Waals surface area contributed by atoms with E-state index in [9.17, 15) is 5.11 Å². The van der Waals surface area contributed by atoms with Gasteiger partial charge in [0.25, 0.3) is 0 Å². The summed E-state index contributed by atoms with van der Waals surface area (Å²) in [5.41, 5.74) is 2.70. The smallest absolute Gasteiger partial charge is 0.0890 e. The van der Waals surface area contributed by atoms with Crippen molar-refractivity contribution in [1.82, 2.24) is 9.97 Å². The van der Waals surface area contributed by atoms with E-state index >= 15 is 0 Å². The van der Waals surface area contributed by atoms with E-state index in [4.69, 9.17) is 0 Å². The van der Waals surface area contributed by atoms with E-state index in [-0.39, 0.29) is 6.10 Å². The molecule has 1 saturated carbocycles. The SMILES string of the molecule is OC(Cc1cnc2ccccc2n1)C1CC1. The summed E-state index contributed by atoms with van der Waals surface area (Å²) < 4.78 is 0. The highest BCUT2D eigenvalue weighted by molar-refractivity contribution is 5.73. The molecule has 82 valence electrons. The van der Waals surface area contributed by atoms with Crippen LogP contribution in [0.25, 0.3) is 11.0 Å². The lowest BCUT2D eigenvalue weighted by molar-refractivity contribution is 0.150. The van der Waals surface area contributed by atoms with Crippen molar-refractivity contribution in [2.24, 2.45) is 5.92 Å². The van der Waals surface area contributed by atoms with Gasteiger partial charge in [-0.3, -0.25) is 4.98 Å². The molecular formula is C13H14N2O. The van der Waals surface area contributed by atoms with Gasteiger partial charge >= 0.3 is 0 Å². The van der Waals surface area contributed by atoms with Gasteiger partial charge in [-0.05, 0) is 30.9 Å². The molecule has 1 unspecified atom stereocenters. The number of fused-ring (bicyclic) bond motifs is 1. The predicted molar refractivity (Wildman–Crippen MR) is 62.0 cm³/mol. The van der Waals surface area contributed by atoms with Crippen molar-refractivity contribution in [2.45, 2.75) is 25.4 Å². The summed E-state index contributed by atoms with van der Waals surface area (Å²) in [5.74, 6) is 0.494. The van der Waals surface area contributed by atoms with Crippen LogP contribution in [-0.4, -0.2) is 21.2 Å². The Morgan fingerprint density at radius 3 is 2.75 bits per heavy atom. The minimum absolute atomic E-state index is 0.240. The van der Waals surface area contributed by atoms with Gasteiger partial charge in [0.05, 0.1) is 22.8 Å². The van der Waals surface area contributed by atoms with Gasteiger partial charge < -0.3 is 5.11 Å². The maximum Gasteiger partial charge on any atom is 0.0890 e. The summed E-state index contributed by atoms with van der Waals surface area (Å²) in [7, 11) is 0. The van der Waals surface area contributed by atoms with Gasteiger partial charge in [-0.2, -0.15) is 0 Å². The summed E-state index contributed by atoms with van der Waals surface area (Å²) in [6.07, 6.45) is 4.47. The van der Waals surface area contributed by atoms with Crippen molar-refractivity contribution in [2.75, 3.05) is 0 Å². The van der Waals surface area contributed by atoms with E-state index < -0.39 is 0 Å². The molecule has 1 aliphatic rings. The summed E-state index contributed by atoms with van der Waals surface area (Å²) in [5, 5.41) is 9.85. The van der Waals surface area contributed by atoms with Crippen LogP contribution in [0, 0.1) is 5.92 Å². The average Bonchev–Trinajstić information content (AvgIpc) is 3.12. The van der Waals surface area contributed by atoms with Crippen molar-refractivity contribution in [3.8, 4) is 0 Å². The minimum Gasteiger partial charge on any atom is -0.392 e. The molecule has 1 aromatic carbocycles. The number of aromatic nitrogens is 2. The number of rotatable bonds is 3. The van der Waals surface area contributed by atoms with Gasteiger partial charge in [0.15, 0.2) is 0 Å². The Morgan fingerprint density at radius 2 is 2.00 bits per heavy atom. The molecule has 3 nitrogen and oxygen atoms in total. The first kappa shape index (κ1) is 9.73. The monoisotopic (exact) mass is 214 g/mol. The number of aliphatic hydroxyl groups is 1. The molecule has 16 heavy (non-hydrogen) atoms. The van der Waals surface area contributed by atoms with Gasteiger partial charge in [-0.25, -0.2) is 4.98 Å². The van der Waals surface area contributed by atoms with E-state index in [1.54, 1.807) is 6.20 Å². The second-order valence-electron chi connectivity index (χ2n) is 4.46. The summed E-state index contributed by atoms with van der Waals surface area (Å²) in [6.45, 7) is 0. The van der Waals surface area contributed by atoms with Crippen LogP contribution >= 0.6 is 0 Å². The molecule has 3 rings (SSSR count). The maximum atomic E-state index is 9.85. The van der Waals surface area contributed by atoms with E-state index in [1.807, 2.05) is 24.3 Å². The molecule has 1 atom stereocenters. The standard InChI is InChI=1S/C13H14N2O/c16-13(9-5-6-9)7-10-8-14-11-3-1-2-4-12(11)15-10/h1-4,8-9,13,16H,5-7H2. The van der Waals surface area contributed by atoms with Gasteiger partial charge in [-0.15, -0.1) is 0 Å². The Bertz CT molecular complexity index is 508. The average molecular weight is 214 g/mol. The Hall–Kier alpha value is -1.48. The first-order valence-electron chi connectivity index (χ1n) is 5.71. The molecule has 1 aromatic heterocycles. The number of hydrogen-bond donors (Lipinski definition) is 1. The molecule has 0 spiro atoms. The third kappa shape index (κ3) is 1.91. The van der Waals surface area contributed by atoms with E-state index in [0.29, 0.717) is 12.3 Å². The van der Waals surface area contributed by atoms with Crippen molar-refractivity contribution >= 4 is 11.0 Å². The first-order chi connectivity index (χ1) is 7.83. The number of aliphatic hydroxyl groups excluding tert-OH is 1. The van der Waals surface area contributed by atoms with Gasteiger partial charge in [-0.1, -0.05) is 12.1 Å². The molecule has 0 bridgehead atoms. The molecule has 0 aliphatic heterocycles. The fourth-order valence-corrected chi connectivity index (χ4v) is 1.96. The van der Waals surface area contributed by atoms with Crippen LogP contribution in [0.3, 0.4) is 0 Å². The molecule has 1 N–H and O–H groups in total. The fraction of sp³-hybridized carbons (Fsp3) is 0.385. The van der Waals surface area contributed by atoms with E-state index in [0.717, 1.165) is 29.6 Å². The van der Waals surface area contributed by atoms with Crippen LogP contribution in [0.15, 0.2) is 30.5 Å². The van der Waals surface area contributed by atoms with Crippen LogP contribution in [0.5, 0.6) is 0 Å². The fourth-order valence-electron chi connectivity index (χ4n) is 1.96. The number of benzene rings is 1. The minimum atomic E-state index is -0.240. The summed E-state index contributed by atoms with van der Waals surface area (Å²) >= 11 is 0. The van der Waals surface area contributed by atoms with Crippen LogP contribution < -0.4 is 0 Å². The largest absolute Gasteiger partial charge is 0.392 e. The second kappa shape index (κ2) is 3.83. The Balaban J connectivity index is 1.86. The Morgan fingerprint density at radius 1 is 1.25 bits per heavy atom. The third-order valence-corrected chi connectivity index (χ3v) is 3.08. The number of nitrogens with zero attached hydrogens (tertiary/aromatic N) is 2.